The minimum Gasteiger partial charge on any atom is -0.487 e. The van der Waals surface area contributed by atoms with Gasteiger partial charge in [0, 0.05) is 31.6 Å². The predicted molar refractivity (Wildman–Crippen MR) is 102 cm³/mol. The van der Waals surface area contributed by atoms with Gasteiger partial charge in [0.2, 0.25) is 5.91 Å². The van der Waals surface area contributed by atoms with Crippen molar-refractivity contribution in [2.24, 2.45) is 11.7 Å². The van der Waals surface area contributed by atoms with Gasteiger partial charge in [-0.15, -0.1) is 0 Å². The fraction of sp³-hybridized carbons (Fsp3) is 0.450. The Morgan fingerprint density at radius 1 is 1.33 bits per heavy atom. The molecule has 3 N–H and O–H groups in total. The van der Waals surface area contributed by atoms with Crippen molar-refractivity contribution in [1.82, 2.24) is 14.9 Å². The number of likely N-dealkylation sites (tertiary alicyclic amines) is 1. The molecule has 7 heteroatoms. The fourth-order valence-electron chi connectivity index (χ4n) is 3.86. The topological polar surface area (TPSA) is 93.4 Å². The molecule has 1 fully saturated rings. The molecule has 1 amide bonds. The molecule has 1 aromatic carbocycles. The number of nitrogens with two attached hydrogens (primary N) is 1. The number of primary amides is 1. The van der Waals surface area contributed by atoms with Gasteiger partial charge in [-0.25, -0.2) is 9.97 Å². The van der Waals surface area contributed by atoms with Crippen LogP contribution in [-0.2, 0) is 17.8 Å². The van der Waals surface area contributed by atoms with Crippen molar-refractivity contribution in [2.75, 3.05) is 31.5 Å². The summed E-state index contributed by atoms with van der Waals surface area (Å²) in [6.07, 6.45) is 4.26. The number of carbonyl (C=O) groups excluding carboxylic acids is 1. The summed E-state index contributed by atoms with van der Waals surface area (Å²) in [5, 5.41) is 3.46. The second-order valence-corrected chi connectivity index (χ2v) is 7.19. The van der Waals surface area contributed by atoms with E-state index in [1.807, 2.05) is 18.2 Å². The van der Waals surface area contributed by atoms with Gasteiger partial charge in [-0.3, -0.25) is 4.79 Å². The molecule has 2 aliphatic heterocycles. The zero-order valence-corrected chi connectivity index (χ0v) is 15.4. The monoisotopic (exact) mass is 367 g/mol. The molecule has 0 unspecified atom stereocenters. The standard InChI is InChI=1S/C20H25N5O2/c21-19(26)15-5-3-8-25(11-15)9-7-22-20-16-10-14-4-1-2-6-18(14)27-12-17(16)23-13-24-20/h1-2,4,6,13,15H,3,5,7-12H2,(H2,21,26)(H,22,23,24)/t15-/m1/s1. The average molecular weight is 367 g/mol. The van der Waals surface area contributed by atoms with Gasteiger partial charge in [0.15, 0.2) is 0 Å². The van der Waals surface area contributed by atoms with Crippen LogP contribution >= 0.6 is 0 Å². The summed E-state index contributed by atoms with van der Waals surface area (Å²) >= 11 is 0. The van der Waals surface area contributed by atoms with Crippen LogP contribution in [0.2, 0.25) is 0 Å². The molecule has 2 aliphatic rings. The highest BCUT2D eigenvalue weighted by molar-refractivity contribution is 5.76. The first-order valence-electron chi connectivity index (χ1n) is 9.49. The van der Waals surface area contributed by atoms with Gasteiger partial charge in [-0.2, -0.15) is 0 Å². The average Bonchev–Trinajstić information content (AvgIpc) is 2.88. The Morgan fingerprint density at radius 3 is 3.11 bits per heavy atom. The largest absolute Gasteiger partial charge is 0.487 e. The zero-order chi connectivity index (χ0) is 18.6. The molecule has 1 aromatic heterocycles. The minimum absolute atomic E-state index is 0.0253. The van der Waals surface area contributed by atoms with E-state index in [1.165, 1.54) is 0 Å². The van der Waals surface area contributed by atoms with Crippen molar-refractivity contribution in [3.8, 4) is 5.75 Å². The summed E-state index contributed by atoms with van der Waals surface area (Å²) in [5.41, 5.74) is 8.64. The maximum atomic E-state index is 11.4. The first-order valence-corrected chi connectivity index (χ1v) is 9.49. The molecule has 0 aliphatic carbocycles. The van der Waals surface area contributed by atoms with E-state index >= 15 is 0 Å². The second-order valence-electron chi connectivity index (χ2n) is 7.19. The molecule has 4 rings (SSSR count). The second kappa shape index (κ2) is 7.92. The highest BCUT2D eigenvalue weighted by Crippen LogP contribution is 2.30. The van der Waals surface area contributed by atoms with Gasteiger partial charge in [-0.05, 0) is 31.0 Å². The molecule has 2 aromatic rings. The van der Waals surface area contributed by atoms with Crippen LogP contribution in [-0.4, -0.2) is 47.0 Å². The Bertz CT molecular complexity index is 826. The lowest BCUT2D eigenvalue weighted by atomic mass is 9.97. The first-order chi connectivity index (χ1) is 13.2. The lowest BCUT2D eigenvalue weighted by Gasteiger charge is -2.31. The number of hydrogen-bond acceptors (Lipinski definition) is 6. The number of benzene rings is 1. The maximum Gasteiger partial charge on any atom is 0.221 e. The SMILES string of the molecule is NC(=O)[C@@H]1CCCN(CCNc2ncnc3c2Cc2ccccc2OC3)C1. The summed E-state index contributed by atoms with van der Waals surface area (Å²) in [4.78, 5) is 22.6. The molecule has 7 nitrogen and oxygen atoms in total. The van der Waals surface area contributed by atoms with Gasteiger partial charge in [0.1, 0.15) is 24.5 Å². The van der Waals surface area contributed by atoms with Gasteiger partial charge in [0.05, 0.1) is 11.6 Å². The van der Waals surface area contributed by atoms with Crippen molar-refractivity contribution in [3.63, 3.8) is 0 Å². The summed E-state index contributed by atoms with van der Waals surface area (Å²) in [6, 6.07) is 8.08. The molecule has 0 saturated carbocycles. The van der Waals surface area contributed by atoms with Crippen molar-refractivity contribution < 1.29 is 9.53 Å². The molecule has 0 spiro atoms. The molecular weight excluding hydrogens is 342 g/mol. The number of amides is 1. The van der Waals surface area contributed by atoms with Crippen LogP contribution in [0.1, 0.15) is 29.7 Å². The Hall–Kier alpha value is -2.67. The number of ether oxygens (including phenoxy) is 1. The number of anilines is 1. The number of nitrogens with zero attached hydrogens (tertiary/aromatic N) is 3. The smallest absolute Gasteiger partial charge is 0.221 e. The highest BCUT2D eigenvalue weighted by atomic mass is 16.5. The number of fused-ring (bicyclic) bond motifs is 2. The van der Waals surface area contributed by atoms with E-state index < -0.39 is 0 Å². The van der Waals surface area contributed by atoms with Crippen molar-refractivity contribution in [3.05, 3.63) is 47.4 Å². The van der Waals surface area contributed by atoms with Crippen molar-refractivity contribution >= 4 is 11.7 Å². The van der Waals surface area contributed by atoms with E-state index in [1.54, 1.807) is 6.33 Å². The molecular formula is C20H25N5O2. The van der Waals surface area contributed by atoms with E-state index in [0.29, 0.717) is 6.61 Å². The first kappa shape index (κ1) is 17.7. The number of carbonyl (C=O) groups is 1. The Labute approximate surface area is 158 Å². The molecule has 0 radical (unpaired) electrons. The van der Waals surface area contributed by atoms with Crippen LogP contribution < -0.4 is 15.8 Å². The third-order valence-corrected chi connectivity index (χ3v) is 5.37. The molecule has 3 heterocycles. The predicted octanol–water partition coefficient (Wildman–Crippen LogP) is 1.57. The minimum atomic E-state index is -0.188. The van der Waals surface area contributed by atoms with E-state index in [4.69, 9.17) is 10.5 Å². The van der Waals surface area contributed by atoms with Crippen LogP contribution in [0.5, 0.6) is 5.75 Å². The van der Waals surface area contributed by atoms with Crippen LogP contribution in [0.15, 0.2) is 30.6 Å². The number of piperidine rings is 1. The number of hydrogen-bond donors (Lipinski definition) is 2. The quantitative estimate of drug-likeness (QED) is 0.833. The summed E-state index contributed by atoms with van der Waals surface area (Å²) in [5.74, 6) is 1.56. The van der Waals surface area contributed by atoms with Gasteiger partial charge in [0.25, 0.3) is 0 Å². The van der Waals surface area contributed by atoms with Crippen LogP contribution in [0.25, 0.3) is 0 Å². The number of rotatable bonds is 5. The van der Waals surface area contributed by atoms with Crippen LogP contribution in [0.4, 0.5) is 5.82 Å². The van der Waals surface area contributed by atoms with Crippen LogP contribution in [0, 0.1) is 5.92 Å². The van der Waals surface area contributed by atoms with Crippen molar-refractivity contribution in [2.45, 2.75) is 25.9 Å². The Balaban J connectivity index is 1.42. The van der Waals surface area contributed by atoms with Gasteiger partial charge < -0.3 is 20.7 Å². The van der Waals surface area contributed by atoms with E-state index in [0.717, 1.165) is 73.8 Å². The highest BCUT2D eigenvalue weighted by Gasteiger charge is 2.24. The summed E-state index contributed by atoms with van der Waals surface area (Å²) in [6.45, 7) is 3.83. The lowest BCUT2D eigenvalue weighted by Crippen LogP contribution is -2.42. The molecule has 142 valence electrons. The third-order valence-electron chi connectivity index (χ3n) is 5.37. The fourth-order valence-corrected chi connectivity index (χ4v) is 3.86. The molecule has 0 bridgehead atoms. The number of nitrogens with one attached hydrogen (secondary N) is 1. The lowest BCUT2D eigenvalue weighted by molar-refractivity contribution is -0.123. The normalized spacial score (nSPS) is 19.3. The van der Waals surface area contributed by atoms with Crippen LogP contribution in [0.3, 0.4) is 0 Å². The summed E-state index contributed by atoms with van der Waals surface area (Å²) in [7, 11) is 0. The van der Waals surface area contributed by atoms with E-state index in [2.05, 4.69) is 26.3 Å². The number of para-hydroxylation sites is 1. The Morgan fingerprint density at radius 2 is 2.22 bits per heavy atom. The Kier molecular flexibility index (Phi) is 5.20. The van der Waals surface area contributed by atoms with E-state index in [9.17, 15) is 4.79 Å². The summed E-state index contributed by atoms with van der Waals surface area (Å²) < 4.78 is 5.89. The molecule has 1 atom stereocenters. The van der Waals surface area contributed by atoms with E-state index in [-0.39, 0.29) is 11.8 Å². The zero-order valence-electron chi connectivity index (χ0n) is 15.4. The third kappa shape index (κ3) is 4.03. The van der Waals surface area contributed by atoms with Gasteiger partial charge >= 0.3 is 0 Å². The number of aromatic nitrogens is 2. The van der Waals surface area contributed by atoms with Crippen molar-refractivity contribution in [1.29, 1.82) is 0 Å². The van der Waals surface area contributed by atoms with Gasteiger partial charge in [-0.1, -0.05) is 18.2 Å². The molecule has 1 saturated heterocycles. The maximum absolute atomic E-state index is 11.4. The molecule has 27 heavy (non-hydrogen) atoms.